The first-order valence-electron chi connectivity index (χ1n) is 13.7. The van der Waals surface area contributed by atoms with Crippen molar-refractivity contribution >= 4 is 23.7 Å². The first-order chi connectivity index (χ1) is 18.8. The van der Waals surface area contributed by atoms with Gasteiger partial charge in [0.2, 0.25) is 17.6 Å². The van der Waals surface area contributed by atoms with Crippen molar-refractivity contribution in [1.29, 1.82) is 0 Å². The molecular formula is C29H41N5O6. The fourth-order valence-corrected chi connectivity index (χ4v) is 4.91. The second-order valence-electron chi connectivity index (χ2n) is 11.5. The van der Waals surface area contributed by atoms with Crippen LogP contribution in [0.25, 0.3) is 0 Å². The van der Waals surface area contributed by atoms with Crippen molar-refractivity contribution in [2.24, 2.45) is 17.6 Å². The number of methoxy groups -OCH3 is 1. The second-order valence-corrected chi connectivity index (χ2v) is 11.5. The second kappa shape index (κ2) is 12.7. The van der Waals surface area contributed by atoms with Crippen LogP contribution in [0, 0.1) is 11.8 Å². The standard InChI is InChI=1S/C29H41N5O6/c1-17(2)22(30)26(37)34(28(38)33-15-11-14-20(33)16-21(35)39-7)23(18(3)4)24(36)25-31-32-27(40-25)29(5,6)19-12-9-8-10-13-19/h8-10,12-13,17-18,20,22-23H,11,14-16,30H2,1-7H3/t20-,22-,23-/m0/s1. The van der Waals surface area contributed by atoms with Gasteiger partial charge in [-0.15, -0.1) is 10.2 Å². The number of hydrogen-bond donors (Lipinski definition) is 1. The number of benzene rings is 1. The van der Waals surface area contributed by atoms with Gasteiger partial charge < -0.3 is 19.8 Å². The molecule has 0 saturated carbocycles. The highest BCUT2D eigenvalue weighted by Crippen LogP contribution is 2.31. The van der Waals surface area contributed by atoms with Gasteiger partial charge in [0.15, 0.2) is 0 Å². The number of amides is 3. The van der Waals surface area contributed by atoms with Crippen LogP contribution >= 0.6 is 0 Å². The Balaban J connectivity index is 2.01. The summed E-state index contributed by atoms with van der Waals surface area (Å²) < 4.78 is 10.7. The lowest BCUT2D eigenvalue weighted by Gasteiger charge is -2.37. The van der Waals surface area contributed by atoms with E-state index in [1.165, 1.54) is 12.0 Å². The van der Waals surface area contributed by atoms with Crippen molar-refractivity contribution in [2.75, 3.05) is 13.7 Å². The van der Waals surface area contributed by atoms with E-state index in [1.54, 1.807) is 27.7 Å². The van der Waals surface area contributed by atoms with E-state index in [4.69, 9.17) is 14.9 Å². The molecule has 218 valence electrons. The van der Waals surface area contributed by atoms with Gasteiger partial charge in [0.1, 0.15) is 6.04 Å². The third kappa shape index (κ3) is 6.41. The van der Waals surface area contributed by atoms with E-state index in [-0.39, 0.29) is 24.1 Å². The van der Waals surface area contributed by atoms with Crippen molar-refractivity contribution in [2.45, 2.75) is 84.3 Å². The van der Waals surface area contributed by atoms with Crippen molar-refractivity contribution in [3.63, 3.8) is 0 Å². The number of Topliss-reactive ketones (excluding diaryl/α,β-unsaturated/α-hetero) is 1. The molecule has 40 heavy (non-hydrogen) atoms. The molecule has 11 nitrogen and oxygen atoms in total. The van der Waals surface area contributed by atoms with Gasteiger partial charge in [0, 0.05) is 12.6 Å². The van der Waals surface area contributed by atoms with E-state index < -0.39 is 53.1 Å². The van der Waals surface area contributed by atoms with Crippen LogP contribution in [0.1, 0.15) is 82.9 Å². The zero-order valence-corrected chi connectivity index (χ0v) is 24.4. The quantitative estimate of drug-likeness (QED) is 0.343. The SMILES string of the molecule is COC(=O)C[C@@H]1CCCN1C(=O)N(C(=O)[C@@H](N)C(C)C)[C@H](C(=O)c1nnc(C(C)(C)c2ccccc2)o1)C(C)C. The van der Waals surface area contributed by atoms with Gasteiger partial charge >= 0.3 is 12.0 Å². The maximum atomic E-state index is 14.0. The maximum absolute atomic E-state index is 14.0. The number of ether oxygens (including phenoxy) is 1. The van der Waals surface area contributed by atoms with E-state index in [1.807, 2.05) is 44.2 Å². The molecule has 1 aliphatic heterocycles. The van der Waals surface area contributed by atoms with Gasteiger partial charge in [-0.3, -0.25) is 19.3 Å². The summed E-state index contributed by atoms with van der Waals surface area (Å²) in [5, 5.41) is 8.19. The summed E-state index contributed by atoms with van der Waals surface area (Å²) in [6, 6.07) is 6.12. The number of imide groups is 1. The number of esters is 1. The molecule has 3 rings (SSSR count). The lowest BCUT2D eigenvalue weighted by Crippen LogP contribution is -2.60. The summed E-state index contributed by atoms with van der Waals surface area (Å²) in [5.41, 5.74) is 6.46. The van der Waals surface area contributed by atoms with Crippen LogP contribution in [-0.4, -0.2) is 75.5 Å². The third-order valence-corrected chi connectivity index (χ3v) is 7.54. The Labute approximate surface area is 235 Å². The number of carbonyl (C=O) groups is 4. The number of urea groups is 1. The van der Waals surface area contributed by atoms with Gasteiger partial charge in [0.25, 0.3) is 5.89 Å². The lowest BCUT2D eigenvalue weighted by atomic mass is 9.85. The molecule has 1 aromatic carbocycles. The molecule has 0 bridgehead atoms. The number of hydrogen-bond acceptors (Lipinski definition) is 9. The fourth-order valence-electron chi connectivity index (χ4n) is 4.91. The summed E-state index contributed by atoms with van der Waals surface area (Å²) >= 11 is 0. The summed E-state index contributed by atoms with van der Waals surface area (Å²) in [4.78, 5) is 56.1. The number of aromatic nitrogens is 2. The molecule has 2 heterocycles. The molecule has 1 saturated heterocycles. The average molecular weight is 556 g/mol. The summed E-state index contributed by atoms with van der Waals surface area (Å²) in [6.45, 7) is 11.1. The number of ketones is 1. The minimum Gasteiger partial charge on any atom is -0.469 e. The summed E-state index contributed by atoms with van der Waals surface area (Å²) in [7, 11) is 1.28. The minimum atomic E-state index is -1.25. The molecule has 0 aliphatic carbocycles. The van der Waals surface area contributed by atoms with Crippen LogP contribution < -0.4 is 5.73 Å². The highest BCUT2D eigenvalue weighted by Gasteiger charge is 2.45. The molecule has 11 heteroatoms. The Hall–Kier alpha value is -3.60. The number of nitrogens with two attached hydrogens (primary N) is 1. The van der Waals surface area contributed by atoms with E-state index >= 15 is 0 Å². The number of rotatable bonds is 10. The zero-order valence-electron chi connectivity index (χ0n) is 24.4. The Kier molecular flexibility index (Phi) is 9.83. The highest BCUT2D eigenvalue weighted by atomic mass is 16.5. The number of nitrogens with zero attached hydrogens (tertiary/aromatic N) is 4. The molecular weight excluding hydrogens is 514 g/mol. The van der Waals surface area contributed by atoms with Gasteiger partial charge in [-0.1, -0.05) is 58.0 Å². The number of likely N-dealkylation sites (tertiary alicyclic amines) is 1. The first-order valence-corrected chi connectivity index (χ1v) is 13.7. The largest absolute Gasteiger partial charge is 0.469 e. The van der Waals surface area contributed by atoms with Crippen LogP contribution in [0.15, 0.2) is 34.7 Å². The van der Waals surface area contributed by atoms with Crippen LogP contribution in [0.3, 0.4) is 0 Å². The van der Waals surface area contributed by atoms with Crippen LogP contribution in [0.4, 0.5) is 4.79 Å². The van der Waals surface area contributed by atoms with E-state index in [0.717, 1.165) is 10.5 Å². The highest BCUT2D eigenvalue weighted by molar-refractivity contribution is 6.06. The monoisotopic (exact) mass is 555 g/mol. The van der Waals surface area contributed by atoms with E-state index in [0.29, 0.717) is 19.4 Å². The predicted octanol–water partition coefficient (Wildman–Crippen LogP) is 3.56. The molecule has 3 atom stereocenters. The van der Waals surface area contributed by atoms with Gasteiger partial charge in [-0.25, -0.2) is 4.79 Å². The van der Waals surface area contributed by atoms with Crippen molar-refractivity contribution in [1.82, 2.24) is 20.0 Å². The van der Waals surface area contributed by atoms with Crippen molar-refractivity contribution < 1.29 is 28.3 Å². The fraction of sp³-hybridized carbons (Fsp3) is 0.586. The van der Waals surface area contributed by atoms with Crippen molar-refractivity contribution in [3.8, 4) is 0 Å². The van der Waals surface area contributed by atoms with E-state index in [2.05, 4.69) is 10.2 Å². The molecule has 3 amide bonds. The molecule has 1 aliphatic rings. The Morgan fingerprint density at radius 3 is 2.33 bits per heavy atom. The topological polar surface area (TPSA) is 149 Å². The van der Waals surface area contributed by atoms with Gasteiger partial charge in [-0.05, 0) is 44.1 Å². The van der Waals surface area contributed by atoms with Crippen LogP contribution in [-0.2, 0) is 19.7 Å². The Morgan fingerprint density at radius 2 is 1.75 bits per heavy atom. The molecule has 0 unspecified atom stereocenters. The minimum absolute atomic E-state index is 0.0115. The summed E-state index contributed by atoms with van der Waals surface area (Å²) in [6.07, 6.45) is 1.21. The Morgan fingerprint density at radius 1 is 1.10 bits per heavy atom. The number of carbonyl (C=O) groups excluding carboxylic acids is 4. The normalized spacial score (nSPS) is 17.1. The third-order valence-electron chi connectivity index (χ3n) is 7.54. The molecule has 1 aromatic heterocycles. The van der Waals surface area contributed by atoms with Crippen LogP contribution in [0.5, 0.6) is 0 Å². The molecule has 0 radical (unpaired) electrons. The predicted molar refractivity (Wildman–Crippen MR) is 147 cm³/mol. The van der Waals surface area contributed by atoms with E-state index in [9.17, 15) is 19.2 Å². The molecule has 0 spiro atoms. The van der Waals surface area contributed by atoms with Gasteiger partial charge in [0.05, 0.1) is 25.0 Å². The first kappa shape index (κ1) is 30.9. The Bertz CT molecular complexity index is 1210. The average Bonchev–Trinajstić information content (AvgIpc) is 3.61. The summed E-state index contributed by atoms with van der Waals surface area (Å²) in [5.74, 6) is -2.66. The molecule has 2 aromatic rings. The lowest BCUT2D eigenvalue weighted by molar-refractivity contribution is -0.141. The maximum Gasteiger partial charge on any atom is 0.327 e. The van der Waals surface area contributed by atoms with Gasteiger partial charge in [-0.2, -0.15) is 0 Å². The van der Waals surface area contributed by atoms with Crippen molar-refractivity contribution in [3.05, 3.63) is 47.7 Å². The smallest absolute Gasteiger partial charge is 0.327 e. The zero-order chi connectivity index (χ0) is 29.8. The van der Waals surface area contributed by atoms with Crippen LogP contribution in [0.2, 0.25) is 0 Å². The molecule has 1 fully saturated rings. The molecule has 2 N–H and O–H groups in total.